The number of carbonyl (C=O) groups excluding carboxylic acids is 2. The van der Waals surface area contributed by atoms with Gasteiger partial charge in [0.25, 0.3) is 11.8 Å². The van der Waals surface area contributed by atoms with Crippen molar-refractivity contribution >= 4 is 11.8 Å². The zero-order valence-corrected chi connectivity index (χ0v) is 14.2. The van der Waals surface area contributed by atoms with Gasteiger partial charge in [-0.2, -0.15) is 0 Å². The summed E-state index contributed by atoms with van der Waals surface area (Å²) >= 11 is 0. The van der Waals surface area contributed by atoms with Crippen LogP contribution in [0.1, 0.15) is 46.0 Å². The lowest BCUT2D eigenvalue weighted by Gasteiger charge is -2.34. The van der Waals surface area contributed by atoms with Crippen LogP contribution in [0.4, 0.5) is 0 Å². The Kier molecular flexibility index (Phi) is 4.69. The first kappa shape index (κ1) is 16.3. The van der Waals surface area contributed by atoms with Crippen LogP contribution in [-0.4, -0.2) is 52.8 Å². The van der Waals surface area contributed by atoms with Crippen LogP contribution < -0.4 is 0 Å². The molecule has 1 aromatic heterocycles. The zero-order valence-electron chi connectivity index (χ0n) is 14.2. The third kappa shape index (κ3) is 3.35. The van der Waals surface area contributed by atoms with Crippen molar-refractivity contribution in [2.45, 2.75) is 19.8 Å². The number of piperazine rings is 1. The van der Waals surface area contributed by atoms with E-state index >= 15 is 0 Å². The van der Waals surface area contributed by atoms with Gasteiger partial charge in [-0.05, 0) is 29.7 Å². The number of hydrogen-bond donors (Lipinski definition) is 1. The third-order valence-corrected chi connectivity index (χ3v) is 4.52. The van der Waals surface area contributed by atoms with E-state index in [1.165, 1.54) is 5.56 Å². The summed E-state index contributed by atoms with van der Waals surface area (Å²) in [5.41, 5.74) is 2.61. The Bertz CT molecular complexity index is 697. The van der Waals surface area contributed by atoms with Gasteiger partial charge in [0, 0.05) is 44.1 Å². The van der Waals surface area contributed by atoms with E-state index in [1.54, 1.807) is 23.4 Å². The number of aromatic amines is 1. The molecule has 1 saturated heterocycles. The second-order valence-electron chi connectivity index (χ2n) is 6.46. The molecular weight excluding hydrogens is 302 g/mol. The second kappa shape index (κ2) is 6.91. The van der Waals surface area contributed by atoms with Crippen molar-refractivity contribution in [2.75, 3.05) is 26.2 Å². The standard InChI is InChI=1S/C19H23N3O2/c1-14(2)15-3-5-16(6-4-15)18(23)21-9-11-22(12-10-21)19(24)17-7-8-20-13-17/h3-8,13-14,20H,9-12H2,1-2H3. The minimum atomic E-state index is 0.0182. The number of H-pyrrole nitrogens is 1. The van der Waals surface area contributed by atoms with Crippen LogP contribution >= 0.6 is 0 Å². The van der Waals surface area contributed by atoms with Gasteiger partial charge in [-0.25, -0.2) is 0 Å². The highest BCUT2D eigenvalue weighted by Crippen LogP contribution is 2.17. The number of rotatable bonds is 3. The molecule has 1 aliphatic rings. The van der Waals surface area contributed by atoms with Crippen molar-refractivity contribution in [1.82, 2.24) is 14.8 Å². The normalized spacial score (nSPS) is 15.0. The molecule has 0 bridgehead atoms. The van der Waals surface area contributed by atoms with Crippen molar-refractivity contribution in [1.29, 1.82) is 0 Å². The Morgan fingerprint density at radius 3 is 1.88 bits per heavy atom. The second-order valence-corrected chi connectivity index (χ2v) is 6.46. The predicted octanol–water partition coefficient (Wildman–Crippen LogP) is 2.74. The average Bonchev–Trinajstić information content (AvgIpc) is 3.15. The summed E-state index contributed by atoms with van der Waals surface area (Å²) in [4.78, 5) is 31.4. The highest BCUT2D eigenvalue weighted by atomic mass is 16.2. The molecule has 1 fully saturated rings. The molecule has 1 aliphatic heterocycles. The summed E-state index contributed by atoms with van der Waals surface area (Å²) in [5, 5.41) is 0. The van der Waals surface area contributed by atoms with E-state index in [0.29, 0.717) is 43.2 Å². The maximum Gasteiger partial charge on any atom is 0.255 e. The minimum absolute atomic E-state index is 0.0182. The SMILES string of the molecule is CC(C)c1ccc(C(=O)N2CCN(C(=O)c3cc[nH]c3)CC2)cc1. The molecule has 0 atom stereocenters. The smallest absolute Gasteiger partial charge is 0.255 e. The van der Waals surface area contributed by atoms with Crippen LogP contribution in [0.5, 0.6) is 0 Å². The van der Waals surface area contributed by atoms with E-state index in [4.69, 9.17) is 0 Å². The third-order valence-electron chi connectivity index (χ3n) is 4.52. The summed E-state index contributed by atoms with van der Waals surface area (Å²) in [6, 6.07) is 9.60. The van der Waals surface area contributed by atoms with Crippen molar-refractivity contribution < 1.29 is 9.59 Å². The van der Waals surface area contributed by atoms with Crippen molar-refractivity contribution in [3.05, 3.63) is 59.4 Å². The Morgan fingerprint density at radius 2 is 1.42 bits per heavy atom. The first-order valence-corrected chi connectivity index (χ1v) is 8.37. The van der Waals surface area contributed by atoms with Crippen molar-refractivity contribution in [3.63, 3.8) is 0 Å². The zero-order chi connectivity index (χ0) is 17.1. The number of hydrogen-bond acceptors (Lipinski definition) is 2. The average molecular weight is 325 g/mol. The summed E-state index contributed by atoms with van der Waals surface area (Å²) in [7, 11) is 0. The Morgan fingerprint density at radius 1 is 0.875 bits per heavy atom. The number of nitrogens with one attached hydrogen (secondary N) is 1. The number of nitrogens with zero attached hydrogens (tertiary/aromatic N) is 2. The van der Waals surface area contributed by atoms with Gasteiger partial charge < -0.3 is 14.8 Å². The summed E-state index contributed by atoms with van der Waals surface area (Å²) in [6.07, 6.45) is 3.45. The Balaban J connectivity index is 1.60. The summed E-state index contributed by atoms with van der Waals surface area (Å²) in [5.74, 6) is 0.515. The molecule has 0 unspecified atom stereocenters. The number of benzene rings is 1. The highest BCUT2D eigenvalue weighted by Gasteiger charge is 2.25. The van der Waals surface area contributed by atoms with Gasteiger partial charge in [0.2, 0.25) is 0 Å². The fourth-order valence-electron chi connectivity index (χ4n) is 2.95. The molecule has 2 aromatic rings. The molecular formula is C19H23N3O2. The molecule has 0 spiro atoms. The van der Waals surface area contributed by atoms with Gasteiger partial charge in [-0.3, -0.25) is 9.59 Å². The van der Waals surface area contributed by atoms with Gasteiger partial charge in [-0.15, -0.1) is 0 Å². The molecule has 0 aliphatic carbocycles. The lowest BCUT2D eigenvalue weighted by atomic mass is 10.0. The molecule has 0 saturated carbocycles. The fourth-order valence-corrected chi connectivity index (χ4v) is 2.95. The van der Waals surface area contributed by atoms with E-state index in [0.717, 1.165) is 0 Å². The number of carbonyl (C=O) groups is 2. The molecule has 5 heteroatoms. The first-order valence-electron chi connectivity index (χ1n) is 8.37. The van der Waals surface area contributed by atoms with Crippen LogP contribution in [0.25, 0.3) is 0 Å². The molecule has 126 valence electrons. The van der Waals surface area contributed by atoms with Crippen LogP contribution in [-0.2, 0) is 0 Å². The van der Waals surface area contributed by atoms with E-state index < -0.39 is 0 Å². The van der Waals surface area contributed by atoms with E-state index in [-0.39, 0.29) is 11.8 Å². The topological polar surface area (TPSA) is 56.4 Å². The van der Waals surface area contributed by atoms with Crippen LogP contribution in [0.15, 0.2) is 42.7 Å². The monoisotopic (exact) mass is 325 g/mol. The highest BCUT2D eigenvalue weighted by molar-refractivity contribution is 5.95. The minimum Gasteiger partial charge on any atom is -0.367 e. The van der Waals surface area contributed by atoms with Crippen LogP contribution in [0.3, 0.4) is 0 Å². The molecule has 1 N–H and O–H groups in total. The summed E-state index contributed by atoms with van der Waals surface area (Å²) < 4.78 is 0. The molecule has 5 nitrogen and oxygen atoms in total. The predicted molar refractivity (Wildman–Crippen MR) is 93.1 cm³/mol. The molecule has 2 amide bonds. The van der Waals surface area contributed by atoms with Gasteiger partial charge in [0.1, 0.15) is 0 Å². The first-order chi connectivity index (χ1) is 11.6. The Labute approximate surface area is 142 Å². The molecule has 24 heavy (non-hydrogen) atoms. The van der Waals surface area contributed by atoms with Crippen LogP contribution in [0, 0.1) is 0 Å². The van der Waals surface area contributed by atoms with E-state index in [2.05, 4.69) is 18.8 Å². The van der Waals surface area contributed by atoms with Gasteiger partial charge in [0.05, 0.1) is 5.56 Å². The van der Waals surface area contributed by atoms with Gasteiger partial charge >= 0.3 is 0 Å². The number of aromatic nitrogens is 1. The fraction of sp³-hybridized carbons (Fsp3) is 0.368. The largest absolute Gasteiger partial charge is 0.367 e. The lowest BCUT2D eigenvalue weighted by molar-refractivity contribution is 0.0535. The molecule has 0 radical (unpaired) electrons. The van der Waals surface area contributed by atoms with Gasteiger partial charge in [-0.1, -0.05) is 26.0 Å². The van der Waals surface area contributed by atoms with Crippen LogP contribution in [0.2, 0.25) is 0 Å². The van der Waals surface area contributed by atoms with E-state index in [1.807, 2.05) is 29.2 Å². The molecule has 2 heterocycles. The van der Waals surface area contributed by atoms with Crippen molar-refractivity contribution in [2.24, 2.45) is 0 Å². The van der Waals surface area contributed by atoms with Gasteiger partial charge in [0.15, 0.2) is 0 Å². The maximum absolute atomic E-state index is 12.6. The lowest BCUT2D eigenvalue weighted by Crippen LogP contribution is -2.50. The number of amides is 2. The maximum atomic E-state index is 12.6. The van der Waals surface area contributed by atoms with Crippen molar-refractivity contribution in [3.8, 4) is 0 Å². The molecule has 1 aromatic carbocycles. The molecule has 3 rings (SSSR count). The summed E-state index contributed by atoms with van der Waals surface area (Å²) in [6.45, 7) is 6.55. The quantitative estimate of drug-likeness (QED) is 0.943. The van der Waals surface area contributed by atoms with E-state index in [9.17, 15) is 9.59 Å². The Hall–Kier alpha value is -2.56.